The van der Waals surface area contributed by atoms with Gasteiger partial charge in [0.05, 0.1) is 18.8 Å². The van der Waals surface area contributed by atoms with Crippen LogP contribution in [-0.4, -0.2) is 47.4 Å². The second kappa shape index (κ2) is 7.97. The summed E-state index contributed by atoms with van der Waals surface area (Å²) in [6.07, 6.45) is 4.50. The Kier molecular flexibility index (Phi) is 5.98. The van der Waals surface area contributed by atoms with E-state index >= 15 is 0 Å². The van der Waals surface area contributed by atoms with Gasteiger partial charge >= 0.3 is 6.01 Å². The largest absolute Gasteiger partial charge is 0.464 e. The van der Waals surface area contributed by atoms with Crippen molar-refractivity contribution in [2.24, 2.45) is 0 Å². The van der Waals surface area contributed by atoms with Gasteiger partial charge in [-0.15, -0.1) is 0 Å². The van der Waals surface area contributed by atoms with Gasteiger partial charge < -0.3 is 20.1 Å². The topological polar surface area (TPSA) is 81.2 Å². The van der Waals surface area contributed by atoms with Gasteiger partial charge in [0.15, 0.2) is 0 Å². The van der Waals surface area contributed by atoms with Crippen LogP contribution in [0.5, 0.6) is 6.01 Å². The summed E-state index contributed by atoms with van der Waals surface area (Å²) in [4.78, 5) is 13.0. The molecule has 0 aliphatic heterocycles. The van der Waals surface area contributed by atoms with Gasteiger partial charge in [0, 0.05) is 13.7 Å². The molecule has 1 aromatic rings. The lowest BCUT2D eigenvalue weighted by Gasteiger charge is -2.20. The van der Waals surface area contributed by atoms with Crippen LogP contribution in [0.3, 0.4) is 0 Å². The predicted octanol–water partition coefficient (Wildman–Crippen LogP) is 2.07. The summed E-state index contributed by atoms with van der Waals surface area (Å²) in [7, 11) is 1.75. The molecule has 2 N–H and O–H groups in total. The Bertz CT molecular complexity index is 443. The zero-order valence-electron chi connectivity index (χ0n) is 13.1. The molecule has 0 amide bonds. The molecule has 1 saturated carbocycles. The van der Waals surface area contributed by atoms with Crippen molar-refractivity contribution in [3.05, 3.63) is 0 Å². The summed E-state index contributed by atoms with van der Waals surface area (Å²) in [6.45, 7) is 5.35. The maximum absolute atomic E-state index is 5.49. The molecule has 7 heteroatoms. The van der Waals surface area contributed by atoms with Crippen molar-refractivity contribution in [2.45, 2.75) is 51.7 Å². The molecule has 0 saturated heterocycles. The highest BCUT2D eigenvalue weighted by molar-refractivity contribution is 5.37. The first-order chi connectivity index (χ1) is 10.3. The van der Waals surface area contributed by atoms with Crippen LogP contribution in [0.1, 0.15) is 39.5 Å². The van der Waals surface area contributed by atoms with Crippen molar-refractivity contribution in [2.75, 3.05) is 30.9 Å². The maximum Gasteiger partial charge on any atom is 0.323 e. The molecule has 2 unspecified atom stereocenters. The third-order valence-corrected chi connectivity index (χ3v) is 3.49. The number of methoxy groups -OCH3 is 1. The first kappa shape index (κ1) is 15.8. The summed E-state index contributed by atoms with van der Waals surface area (Å²) in [5, 5.41) is 6.52. The van der Waals surface area contributed by atoms with Crippen molar-refractivity contribution in [3.63, 3.8) is 0 Å². The van der Waals surface area contributed by atoms with Gasteiger partial charge in [-0.25, -0.2) is 0 Å². The summed E-state index contributed by atoms with van der Waals surface area (Å²) in [5.41, 5.74) is 0. The molecule has 118 valence electrons. The van der Waals surface area contributed by atoms with Crippen LogP contribution in [0.4, 0.5) is 11.9 Å². The minimum absolute atomic E-state index is 0.212. The molecule has 1 aliphatic carbocycles. The fourth-order valence-corrected chi connectivity index (χ4v) is 2.47. The first-order valence-corrected chi connectivity index (χ1v) is 7.68. The molecular formula is C14H25N5O2. The Balaban J connectivity index is 2.10. The number of aromatic nitrogens is 3. The monoisotopic (exact) mass is 295 g/mol. The number of anilines is 2. The molecule has 21 heavy (non-hydrogen) atoms. The molecule has 2 rings (SSSR count). The smallest absolute Gasteiger partial charge is 0.323 e. The standard InChI is InChI=1S/C14H25N5O2/c1-4-9-15-12-17-13(19-14(18-12)21-5-2)16-10-7-6-8-11(10)20-3/h10-11H,4-9H2,1-3H3,(H2,15,16,17,18,19). The van der Waals surface area contributed by atoms with Crippen LogP contribution in [0, 0.1) is 0 Å². The zero-order chi connectivity index (χ0) is 15.1. The minimum atomic E-state index is 0.212. The lowest BCUT2D eigenvalue weighted by molar-refractivity contribution is 0.101. The van der Waals surface area contributed by atoms with Crippen LogP contribution in [0.2, 0.25) is 0 Å². The molecule has 2 atom stereocenters. The van der Waals surface area contributed by atoms with Gasteiger partial charge in [-0.3, -0.25) is 0 Å². The van der Waals surface area contributed by atoms with Gasteiger partial charge in [-0.2, -0.15) is 15.0 Å². The fraction of sp³-hybridized carbons (Fsp3) is 0.786. The predicted molar refractivity (Wildman–Crippen MR) is 81.8 cm³/mol. The highest BCUT2D eigenvalue weighted by Crippen LogP contribution is 2.24. The summed E-state index contributed by atoms with van der Waals surface area (Å²) in [6, 6.07) is 0.589. The van der Waals surface area contributed by atoms with Crippen molar-refractivity contribution in [3.8, 4) is 6.01 Å². The molecule has 1 fully saturated rings. The van der Waals surface area contributed by atoms with E-state index in [0.29, 0.717) is 24.5 Å². The molecule has 0 aromatic carbocycles. The van der Waals surface area contributed by atoms with Crippen LogP contribution < -0.4 is 15.4 Å². The molecule has 7 nitrogen and oxygen atoms in total. The summed E-state index contributed by atoms with van der Waals surface area (Å²) in [5.74, 6) is 1.09. The average molecular weight is 295 g/mol. The normalized spacial score (nSPS) is 21.3. The highest BCUT2D eigenvalue weighted by atomic mass is 16.5. The van der Waals surface area contributed by atoms with Crippen LogP contribution in [-0.2, 0) is 4.74 Å². The molecule has 0 spiro atoms. The third kappa shape index (κ3) is 4.42. The molecule has 1 aliphatic rings. The number of hydrogen-bond donors (Lipinski definition) is 2. The minimum Gasteiger partial charge on any atom is -0.464 e. The van der Waals surface area contributed by atoms with Crippen LogP contribution in [0.25, 0.3) is 0 Å². The highest BCUT2D eigenvalue weighted by Gasteiger charge is 2.27. The Morgan fingerprint density at radius 1 is 1.14 bits per heavy atom. The Morgan fingerprint density at radius 2 is 1.95 bits per heavy atom. The van der Waals surface area contributed by atoms with Gasteiger partial charge in [0.25, 0.3) is 0 Å². The second-order valence-corrected chi connectivity index (χ2v) is 5.08. The van der Waals surface area contributed by atoms with Crippen molar-refractivity contribution < 1.29 is 9.47 Å². The van der Waals surface area contributed by atoms with E-state index in [-0.39, 0.29) is 12.1 Å². The van der Waals surface area contributed by atoms with Gasteiger partial charge in [-0.05, 0) is 32.6 Å². The Hall–Kier alpha value is -1.63. The maximum atomic E-state index is 5.49. The zero-order valence-corrected chi connectivity index (χ0v) is 13.1. The van der Waals surface area contributed by atoms with Crippen LogP contribution in [0.15, 0.2) is 0 Å². The van der Waals surface area contributed by atoms with E-state index < -0.39 is 0 Å². The number of nitrogens with zero attached hydrogens (tertiary/aromatic N) is 3. The van der Waals surface area contributed by atoms with E-state index in [4.69, 9.17) is 9.47 Å². The Labute approximate surface area is 125 Å². The number of rotatable bonds is 8. The molecule has 1 heterocycles. The lowest BCUT2D eigenvalue weighted by atomic mass is 10.2. The fourth-order valence-electron chi connectivity index (χ4n) is 2.47. The van der Waals surface area contributed by atoms with E-state index in [2.05, 4.69) is 32.5 Å². The van der Waals surface area contributed by atoms with Gasteiger partial charge in [-0.1, -0.05) is 6.92 Å². The third-order valence-electron chi connectivity index (χ3n) is 3.49. The van der Waals surface area contributed by atoms with E-state index in [0.717, 1.165) is 32.2 Å². The van der Waals surface area contributed by atoms with Crippen LogP contribution >= 0.6 is 0 Å². The quantitative estimate of drug-likeness (QED) is 0.759. The molecule has 0 bridgehead atoms. The molecule has 0 radical (unpaired) electrons. The Morgan fingerprint density at radius 3 is 2.67 bits per heavy atom. The van der Waals surface area contributed by atoms with Crippen molar-refractivity contribution in [1.29, 1.82) is 0 Å². The van der Waals surface area contributed by atoms with Gasteiger partial charge in [0.1, 0.15) is 0 Å². The number of ether oxygens (including phenoxy) is 2. The summed E-state index contributed by atoms with van der Waals surface area (Å²) < 4.78 is 10.9. The van der Waals surface area contributed by atoms with Gasteiger partial charge in [0.2, 0.25) is 11.9 Å². The SMILES string of the molecule is CCCNc1nc(NC2CCCC2OC)nc(OCC)n1. The van der Waals surface area contributed by atoms with E-state index in [1.165, 1.54) is 0 Å². The van der Waals surface area contributed by atoms with Crippen molar-refractivity contribution in [1.82, 2.24) is 15.0 Å². The average Bonchev–Trinajstić information content (AvgIpc) is 2.92. The van der Waals surface area contributed by atoms with E-state index in [9.17, 15) is 0 Å². The van der Waals surface area contributed by atoms with Crippen molar-refractivity contribution >= 4 is 11.9 Å². The molecular weight excluding hydrogens is 270 g/mol. The van der Waals surface area contributed by atoms with E-state index in [1.807, 2.05) is 6.92 Å². The number of nitrogens with one attached hydrogen (secondary N) is 2. The second-order valence-electron chi connectivity index (χ2n) is 5.08. The lowest BCUT2D eigenvalue weighted by Crippen LogP contribution is -2.30. The number of hydrogen-bond acceptors (Lipinski definition) is 7. The van der Waals surface area contributed by atoms with E-state index in [1.54, 1.807) is 7.11 Å². The summed E-state index contributed by atoms with van der Waals surface area (Å²) >= 11 is 0. The molecule has 1 aromatic heterocycles. The first-order valence-electron chi connectivity index (χ1n) is 7.68.